The third-order valence-electron chi connectivity index (χ3n) is 10.7. The highest BCUT2D eigenvalue weighted by Gasteiger charge is 2.21. The Bertz CT molecular complexity index is 3230. The summed E-state index contributed by atoms with van der Waals surface area (Å²) in [6.45, 7) is 0. The van der Waals surface area contributed by atoms with Crippen LogP contribution in [0, 0.1) is 0 Å². The van der Waals surface area contributed by atoms with E-state index in [0.29, 0.717) is 5.82 Å². The van der Waals surface area contributed by atoms with Gasteiger partial charge in [0.1, 0.15) is 0 Å². The zero-order chi connectivity index (χ0) is 34.9. The van der Waals surface area contributed by atoms with Crippen LogP contribution in [0.1, 0.15) is 0 Å². The number of hydrogen-bond acceptors (Lipinski definition) is 2. The normalized spacial score (nSPS) is 11.8. The molecule has 0 radical (unpaired) electrons. The Balaban J connectivity index is 1.19. The molecule has 0 aliphatic carbocycles. The second-order valence-corrected chi connectivity index (χ2v) is 13.8. The minimum absolute atomic E-state index is 0.693. The monoisotopic (exact) mass is 673 g/mol. The van der Waals surface area contributed by atoms with Crippen molar-refractivity contribution in [2.24, 2.45) is 0 Å². The highest BCUT2D eigenvalue weighted by atomic mass is 15.0. The van der Waals surface area contributed by atoms with E-state index in [1.54, 1.807) is 0 Å². The standard InChI is InChI=1S/C50H31N3/c1-2-15-34(16-3-1)44-31-45(36-26-25-32-13-4-5-17-35(32)29-36)52-50(51-44)37-18-12-19-38(30-37)53-46-24-11-10-23-43(46)48-47-39-20-7-6-14-33(39)27-28-41(47)40-21-8-9-22-42(40)49(48)53/h1-31H. The van der Waals surface area contributed by atoms with Crippen LogP contribution in [0.4, 0.5) is 0 Å². The zero-order valence-electron chi connectivity index (χ0n) is 28.7. The van der Waals surface area contributed by atoms with E-state index in [2.05, 4.69) is 187 Å². The van der Waals surface area contributed by atoms with Gasteiger partial charge >= 0.3 is 0 Å². The van der Waals surface area contributed by atoms with E-state index in [-0.39, 0.29) is 0 Å². The summed E-state index contributed by atoms with van der Waals surface area (Å²) < 4.78 is 2.45. The lowest BCUT2D eigenvalue weighted by atomic mass is 9.93. The zero-order valence-corrected chi connectivity index (χ0v) is 28.7. The van der Waals surface area contributed by atoms with E-state index in [9.17, 15) is 0 Å². The molecule has 3 nitrogen and oxygen atoms in total. The average Bonchev–Trinajstić information content (AvgIpc) is 3.59. The minimum atomic E-state index is 0.693. The largest absolute Gasteiger partial charge is 0.309 e. The quantitative estimate of drug-likeness (QED) is 0.174. The van der Waals surface area contributed by atoms with Gasteiger partial charge in [0.25, 0.3) is 0 Å². The summed E-state index contributed by atoms with van der Waals surface area (Å²) in [5.41, 5.74) is 8.32. The van der Waals surface area contributed by atoms with Crippen molar-refractivity contribution >= 4 is 64.9 Å². The lowest BCUT2D eigenvalue weighted by Crippen LogP contribution is -1.98. The predicted molar refractivity (Wildman–Crippen MR) is 223 cm³/mol. The molecular formula is C50H31N3. The molecule has 0 bridgehead atoms. The number of benzene rings is 9. The van der Waals surface area contributed by atoms with Gasteiger partial charge in [0.05, 0.1) is 22.4 Å². The number of nitrogens with zero attached hydrogens (tertiary/aromatic N) is 3. The summed E-state index contributed by atoms with van der Waals surface area (Å²) >= 11 is 0. The van der Waals surface area contributed by atoms with Gasteiger partial charge in [0.15, 0.2) is 5.82 Å². The van der Waals surface area contributed by atoms with Crippen LogP contribution in [-0.4, -0.2) is 14.5 Å². The van der Waals surface area contributed by atoms with Crippen molar-refractivity contribution in [3.8, 4) is 39.6 Å². The molecule has 53 heavy (non-hydrogen) atoms. The van der Waals surface area contributed by atoms with Crippen LogP contribution in [0.2, 0.25) is 0 Å². The van der Waals surface area contributed by atoms with Crippen LogP contribution in [0.5, 0.6) is 0 Å². The van der Waals surface area contributed by atoms with Gasteiger partial charge < -0.3 is 4.57 Å². The fourth-order valence-electron chi connectivity index (χ4n) is 8.32. The van der Waals surface area contributed by atoms with Gasteiger partial charge in [-0.25, -0.2) is 9.97 Å². The molecule has 0 aliphatic rings. The molecule has 2 aromatic heterocycles. The maximum absolute atomic E-state index is 5.26. The second kappa shape index (κ2) is 11.7. The molecule has 11 aromatic rings. The van der Waals surface area contributed by atoms with E-state index in [1.165, 1.54) is 64.9 Å². The Morgan fingerprint density at radius 1 is 0.340 bits per heavy atom. The fraction of sp³-hybridized carbons (Fsp3) is 0. The summed E-state index contributed by atoms with van der Waals surface area (Å²) in [4.78, 5) is 10.5. The lowest BCUT2D eigenvalue weighted by Gasteiger charge is -2.15. The van der Waals surface area contributed by atoms with Gasteiger partial charge in [0.2, 0.25) is 0 Å². The Labute approximate surface area is 306 Å². The van der Waals surface area contributed by atoms with Crippen molar-refractivity contribution in [1.82, 2.24) is 14.5 Å². The summed E-state index contributed by atoms with van der Waals surface area (Å²) in [5.74, 6) is 0.693. The first-order chi connectivity index (χ1) is 26.3. The number of para-hydroxylation sites is 1. The molecule has 2 heterocycles. The molecule has 0 N–H and O–H groups in total. The van der Waals surface area contributed by atoms with Crippen LogP contribution < -0.4 is 0 Å². The van der Waals surface area contributed by atoms with E-state index >= 15 is 0 Å². The Morgan fingerprint density at radius 2 is 0.981 bits per heavy atom. The molecule has 0 fully saturated rings. The highest BCUT2D eigenvalue weighted by molar-refractivity contribution is 6.36. The van der Waals surface area contributed by atoms with Crippen molar-refractivity contribution in [3.05, 3.63) is 188 Å². The Morgan fingerprint density at radius 3 is 1.83 bits per heavy atom. The third-order valence-corrected chi connectivity index (χ3v) is 10.7. The van der Waals surface area contributed by atoms with Crippen molar-refractivity contribution in [2.75, 3.05) is 0 Å². The molecule has 9 aromatic carbocycles. The van der Waals surface area contributed by atoms with Crippen LogP contribution >= 0.6 is 0 Å². The molecule has 246 valence electrons. The number of fused-ring (bicyclic) bond motifs is 11. The van der Waals surface area contributed by atoms with Crippen molar-refractivity contribution in [1.29, 1.82) is 0 Å². The molecule has 0 aliphatic heterocycles. The van der Waals surface area contributed by atoms with Gasteiger partial charge in [-0.1, -0.05) is 158 Å². The predicted octanol–water partition coefficient (Wildman–Crippen LogP) is 13.2. The molecular weight excluding hydrogens is 643 g/mol. The molecule has 0 spiro atoms. The maximum atomic E-state index is 5.26. The number of rotatable bonds is 4. The van der Waals surface area contributed by atoms with Crippen molar-refractivity contribution in [3.63, 3.8) is 0 Å². The van der Waals surface area contributed by atoms with E-state index in [0.717, 1.165) is 33.8 Å². The first-order valence-corrected chi connectivity index (χ1v) is 18.1. The number of hydrogen-bond donors (Lipinski definition) is 0. The van der Waals surface area contributed by atoms with Crippen LogP contribution in [-0.2, 0) is 0 Å². The summed E-state index contributed by atoms with van der Waals surface area (Å²) in [6.07, 6.45) is 0. The minimum Gasteiger partial charge on any atom is -0.309 e. The van der Waals surface area contributed by atoms with Gasteiger partial charge in [-0.15, -0.1) is 0 Å². The van der Waals surface area contributed by atoms with Gasteiger partial charge in [-0.2, -0.15) is 0 Å². The second-order valence-electron chi connectivity index (χ2n) is 13.8. The van der Waals surface area contributed by atoms with Crippen LogP contribution in [0.25, 0.3) is 104 Å². The molecule has 0 unspecified atom stereocenters. The van der Waals surface area contributed by atoms with Crippen LogP contribution in [0.15, 0.2) is 188 Å². The molecule has 3 heteroatoms. The Kier molecular flexibility index (Phi) is 6.55. The smallest absolute Gasteiger partial charge is 0.160 e. The Hall–Kier alpha value is -7.10. The molecule has 0 saturated carbocycles. The van der Waals surface area contributed by atoms with E-state index < -0.39 is 0 Å². The first kappa shape index (κ1) is 29.6. The van der Waals surface area contributed by atoms with Gasteiger partial charge in [-0.05, 0) is 62.6 Å². The highest BCUT2D eigenvalue weighted by Crippen LogP contribution is 2.45. The topological polar surface area (TPSA) is 30.7 Å². The summed E-state index contributed by atoms with van der Waals surface area (Å²) in [6, 6.07) is 67.3. The average molecular weight is 674 g/mol. The number of aromatic nitrogens is 3. The van der Waals surface area contributed by atoms with Gasteiger partial charge in [-0.3, -0.25) is 0 Å². The lowest BCUT2D eigenvalue weighted by molar-refractivity contribution is 1.16. The van der Waals surface area contributed by atoms with E-state index in [4.69, 9.17) is 9.97 Å². The SMILES string of the molecule is c1ccc(-c2cc(-c3ccc4ccccc4c3)nc(-c3cccc(-n4c5ccccc5c5c6c7ccccc7ccc6c6ccccc6c54)c3)n2)cc1. The molecule has 0 saturated heterocycles. The van der Waals surface area contributed by atoms with Gasteiger partial charge in [0, 0.05) is 43.9 Å². The maximum Gasteiger partial charge on any atom is 0.160 e. The van der Waals surface area contributed by atoms with Crippen molar-refractivity contribution in [2.45, 2.75) is 0 Å². The summed E-state index contributed by atoms with van der Waals surface area (Å²) in [7, 11) is 0. The van der Waals surface area contributed by atoms with Crippen molar-refractivity contribution < 1.29 is 0 Å². The summed E-state index contributed by atoms with van der Waals surface area (Å²) in [5, 5.41) is 12.5. The van der Waals surface area contributed by atoms with Crippen LogP contribution in [0.3, 0.4) is 0 Å². The molecule has 0 amide bonds. The molecule has 11 rings (SSSR count). The fourth-order valence-corrected chi connectivity index (χ4v) is 8.32. The first-order valence-electron chi connectivity index (χ1n) is 18.1. The van der Waals surface area contributed by atoms with E-state index in [1.807, 2.05) is 6.07 Å². The third kappa shape index (κ3) is 4.68. The molecule has 0 atom stereocenters.